The molecule has 3 aliphatic rings. The van der Waals surface area contributed by atoms with Crippen molar-refractivity contribution in [2.45, 2.75) is 51.0 Å². The maximum absolute atomic E-state index is 12.9. The molecule has 1 atom stereocenters. The minimum atomic E-state index is -0.421. The SMILES string of the molecule is Cc1ccc2c(c1)[C@@H](CC(=O)N1CCC(n3nccc3NC(=O)C3CC3)CC1)C(=O)N2. The van der Waals surface area contributed by atoms with Crippen LogP contribution in [0.2, 0.25) is 0 Å². The first-order valence-electron chi connectivity index (χ1n) is 11.0. The molecule has 0 radical (unpaired) electrons. The fraction of sp³-hybridized carbons (Fsp3) is 0.478. The highest BCUT2D eigenvalue weighted by molar-refractivity contribution is 6.05. The molecule has 8 nitrogen and oxygen atoms in total. The van der Waals surface area contributed by atoms with E-state index in [-0.39, 0.29) is 36.1 Å². The van der Waals surface area contributed by atoms with Gasteiger partial charge < -0.3 is 15.5 Å². The number of nitrogens with zero attached hydrogens (tertiary/aromatic N) is 3. The lowest BCUT2D eigenvalue weighted by Crippen LogP contribution is -2.40. The monoisotopic (exact) mass is 421 g/mol. The standard InChI is InChI=1S/C23H27N5O3/c1-14-2-5-19-17(12-14)18(23(31)25-19)13-21(29)27-10-7-16(8-11-27)28-20(6-9-24-28)26-22(30)15-3-4-15/h2,5-6,9,12,15-16,18H,3-4,7-8,10-11,13H2,1H3,(H,25,31)(H,26,30)/t18-/m1/s1. The molecule has 1 saturated carbocycles. The predicted molar refractivity (Wildman–Crippen MR) is 116 cm³/mol. The number of hydrogen-bond acceptors (Lipinski definition) is 4. The van der Waals surface area contributed by atoms with Crippen molar-refractivity contribution in [3.63, 3.8) is 0 Å². The van der Waals surface area contributed by atoms with E-state index in [4.69, 9.17) is 0 Å². The molecule has 1 aliphatic carbocycles. The van der Waals surface area contributed by atoms with Crippen LogP contribution in [0, 0.1) is 12.8 Å². The normalized spacial score (nSPS) is 21.0. The Labute approximate surface area is 181 Å². The van der Waals surface area contributed by atoms with Gasteiger partial charge in [-0.05, 0) is 44.2 Å². The number of rotatable bonds is 5. The van der Waals surface area contributed by atoms with Gasteiger partial charge in [0.1, 0.15) is 5.82 Å². The molecule has 3 amide bonds. The maximum atomic E-state index is 12.9. The summed E-state index contributed by atoms with van der Waals surface area (Å²) in [6.07, 6.45) is 5.36. The number of anilines is 2. The number of carbonyl (C=O) groups is 3. The highest BCUT2D eigenvalue weighted by Gasteiger charge is 2.35. The number of aryl methyl sites for hydroxylation is 1. The first-order valence-corrected chi connectivity index (χ1v) is 11.0. The summed E-state index contributed by atoms with van der Waals surface area (Å²) in [5, 5.41) is 10.3. The zero-order valence-corrected chi connectivity index (χ0v) is 17.6. The predicted octanol–water partition coefficient (Wildman–Crippen LogP) is 2.83. The highest BCUT2D eigenvalue weighted by atomic mass is 16.2. The van der Waals surface area contributed by atoms with E-state index in [9.17, 15) is 14.4 Å². The molecule has 2 fully saturated rings. The Balaban J connectivity index is 1.19. The second kappa shape index (κ2) is 7.83. The van der Waals surface area contributed by atoms with Crippen LogP contribution in [0.3, 0.4) is 0 Å². The summed E-state index contributed by atoms with van der Waals surface area (Å²) < 4.78 is 1.88. The third-order valence-electron chi connectivity index (χ3n) is 6.57. The van der Waals surface area contributed by atoms with Gasteiger partial charge in [0.05, 0.1) is 18.2 Å². The maximum Gasteiger partial charge on any atom is 0.232 e. The van der Waals surface area contributed by atoms with Gasteiger partial charge in [-0.3, -0.25) is 14.4 Å². The van der Waals surface area contributed by atoms with Gasteiger partial charge in [-0.25, -0.2) is 4.68 Å². The fourth-order valence-corrected chi connectivity index (χ4v) is 4.59. The van der Waals surface area contributed by atoms with E-state index in [1.54, 1.807) is 6.20 Å². The van der Waals surface area contributed by atoms with E-state index in [2.05, 4.69) is 15.7 Å². The molecule has 2 aromatic rings. The van der Waals surface area contributed by atoms with Crippen LogP contribution in [0.5, 0.6) is 0 Å². The third kappa shape index (κ3) is 3.94. The molecule has 162 valence electrons. The lowest BCUT2D eigenvalue weighted by Gasteiger charge is -2.33. The summed E-state index contributed by atoms with van der Waals surface area (Å²) in [4.78, 5) is 39.3. The van der Waals surface area contributed by atoms with E-state index >= 15 is 0 Å². The van der Waals surface area contributed by atoms with Crippen molar-refractivity contribution in [2.75, 3.05) is 23.7 Å². The minimum Gasteiger partial charge on any atom is -0.343 e. The van der Waals surface area contributed by atoms with Crippen LogP contribution in [0.15, 0.2) is 30.5 Å². The topological polar surface area (TPSA) is 96.3 Å². The second-order valence-electron chi connectivity index (χ2n) is 8.87. The first kappa shape index (κ1) is 19.8. The van der Waals surface area contributed by atoms with Gasteiger partial charge in [-0.15, -0.1) is 0 Å². The number of piperidine rings is 1. The van der Waals surface area contributed by atoms with E-state index in [1.165, 1.54) is 0 Å². The average molecular weight is 422 g/mol. The number of amides is 3. The Bertz CT molecular complexity index is 1030. The van der Waals surface area contributed by atoms with E-state index in [0.717, 1.165) is 48.3 Å². The molecule has 1 saturated heterocycles. The number of carbonyl (C=O) groups excluding carboxylic acids is 3. The van der Waals surface area contributed by atoms with Crippen molar-refractivity contribution in [3.05, 3.63) is 41.6 Å². The van der Waals surface area contributed by atoms with Crippen LogP contribution >= 0.6 is 0 Å². The zero-order chi connectivity index (χ0) is 21.5. The molecule has 3 heterocycles. The number of hydrogen-bond donors (Lipinski definition) is 2. The average Bonchev–Trinajstić information content (AvgIpc) is 3.45. The highest BCUT2D eigenvalue weighted by Crippen LogP contribution is 2.36. The van der Waals surface area contributed by atoms with Gasteiger partial charge in [-0.2, -0.15) is 5.10 Å². The molecular weight excluding hydrogens is 394 g/mol. The van der Waals surface area contributed by atoms with E-state index in [0.29, 0.717) is 13.1 Å². The Morgan fingerprint density at radius 1 is 1.16 bits per heavy atom. The quantitative estimate of drug-likeness (QED) is 0.776. The number of benzene rings is 1. The number of fused-ring (bicyclic) bond motifs is 1. The molecule has 0 unspecified atom stereocenters. The van der Waals surface area contributed by atoms with Crippen LogP contribution in [0.1, 0.15) is 55.2 Å². The first-order chi connectivity index (χ1) is 15.0. The molecule has 2 N–H and O–H groups in total. The number of likely N-dealkylation sites (tertiary alicyclic amines) is 1. The van der Waals surface area contributed by atoms with Gasteiger partial charge in [0.15, 0.2) is 0 Å². The van der Waals surface area contributed by atoms with Crippen LogP contribution < -0.4 is 10.6 Å². The summed E-state index contributed by atoms with van der Waals surface area (Å²) in [6, 6.07) is 7.84. The van der Waals surface area contributed by atoms with E-state index in [1.807, 2.05) is 40.8 Å². The van der Waals surface area contributed by atoms with Gasteiger partial charge in [0, 0.05) is 37.2 Å². The van der Waals surface area contributed by atoms with Gasteiger partial charge in [0.25, 0.3) is 0 Å². The summed E-state index contributed by atoms with van der Waals surface area (Å²) in [5.74, 6) is 0.433. The molecule has 0 spiro atoms. The molecule has 1 aromatic heterocycles. The smallest absolute Gasteiger partial charge is 0.232 e. The lowest BCUT2D eigenvalue weighted by molar-refractivity contribution is -0.134. The van der Waals surface area contributed by atoms with Crippen LogP contribution in [0.4, 0.5) is 11.5 Å². The molecule has 2 aliphatic heterocycles. The molecule has 31 heavy (non-hydrogen) atoms. The summed E-state index contributed by atoms with van der Waals surface area (Å²) in [6.45, 7) is 3.23. The fourth-order valence-electron chi connectivity index (χ4n) is 4.59. The van der Waals surface area contributed by atoms with Crippen LogP contribution in [-0.4, -0.2) is 45.5 Å². The van der Waals surface area contributed by atoms with Crippen molar-refractivity contribution < 1.29 is 14.4 Å². The van der Waals surface area contributed by atoms with Crippen molar-refractivity contribution in [2.24, 2.45) is 5.92 Å². The van der Waals surface area contributed by atoms with Gasteiger partial charge in [0.2, 0.25) is 17.7 Å². The Hall–Kier alpha value is -3.16. The molecule has 0 bridgehead atoms. The van der Waals surface area contributed by atoms with Gasteiger partial charge in [-0.1, -0.05) is 17.7 Å². The van der Waals surface area contributed by atoms with Crippen molar-refractivity contribution in [3.8, 4) is 0 Å². The second-order valence-corrected chi connectivity index (χ2v) is 8.87. The Morgan fingerprint density at radius 2 is 1.94 bits per heavy atom. The molecular formula is C23H27N5O3. The molecule has 8 heteroatoms. The summed E-state index contributed by atoms with van der Waals surface area (Å²) in [5.41, 5.74) is 2.81. The van der Waals surface area contributed by atoms with Gasteiger partial charge >= 0.3 is 0 Å². The number of nitrogens with one attached hydrogen (secondary N) is 2. The molecule has 1 aromatic carbocycles. The lowest BCUT2D eigenvalue weighted by atomic mass is 9.94. The van der Waals surface area contributed by atoms with E-state index < -0.39 is 5.92 Å². The van der Waals surface area contributed by atoms with Crippen molar-refractivity contribution in [1.82, 2.24) is 14.7 Å². The molecule has 5 rings (SSSR count). The largest absolute Gasteiger partial charge is 0.343 e. The van der Waals surface area contributed by atoms with Crippen LogP contribution in [0.25, 0.3) is 0 Å². The van der Waals surface area contributed by atoms with Crippen molar-refractivity contribution in [1.29, 1.82) is 0 Å². The van der Waals surface area contributed by atoms with Crippen LogP contribution in [-0.2, 0) is 14.4 Å². The number of aromatic nitrogens is 2. The summed E-state index contributed by atoms with van der Waals surface area (Å²) in [7, 11) is 0. The van der Waals surface area contributed by atoms with Crippen molar-refractivity contribution >= 4 is 29.2 Å². The summed E-state index contributed by atoms with van der Waals surface area (Å²) >= 11 is 0. The zero-order valence-electron chi connectivity index (χ0n) is 17.6. The Morgan fingerprint density at radius 3 is 2.68 bits per heavy atom. The third-order valence-corrected chi connectivity index (χ3v) is 6.57. The Kier molecular flexibility index (Phi) is 5.00. The minimum absolute atomic E-state index is 0.00989.